The SMILES string of the molecule is CC(C)(c1ccc(OCC2=NC=C(S(C)(=O)=O)C2)cc1)c1cc(Cl)c(OCCCl)c(C#N)c1. The maximum atomic E-state index is 11.6. The maximum Gasteiger partial charge on any atom is 0.173 e. The van der Waals surface area contributed by atoms with Crippen LogP contribution in [0.15, 0.2) is 52.5 Å². The van der Waals surface area contributed by atoms with Crippen LogP contribution < -0.4 is 9.47 Å². The Hall–Kier alpha value is -2.53. The molecular formula is C24H24Cl2N2O4S. The van der Waals surface area contributed by atoms with Gasteiger partial charge >= 0.3 is 0 Å². The second kappa shape index (κ2) is 10.2. The number of hydrogen-bond donors (Lipinski definition) is 0. The van der Waals surface area contributed by atoms with Crippen molar-refractivity contribution in [2.45, 2.75) is 25.7 Å². The Kier molecular flexibility index (Phi) is 7.73. The van der Waals surface area contributed by atoms with Gasteiger partial charge in [-0.05, 0) is 35.4 Å². The average molecular weight is 507 g/mol. The zero-order valence-electron chi connectivity index (χ0n) is 18.6. The largest absolute Gasteiger partial charge is 0.489 e. The quantitative estimate of drug-likeness (QED) is 0.432. The number of halogens is 2. The standard InChI is InChI=1S/C24H24Cl2N2O4S/c1-24(2,18-10-16(13-27)23(22(26)11-18)31-9-8-25)17-4-6-20(7-5-17)32-15-19-12-21(14-28-19)33(3,29)30/h4-7,10-11,14H,8-9,12,15H2,1-3H3. The molecule has 0 fully saturated rings. The van der Waals surface area contributed by atoms with Gasteiger partial charge in [0.25, 0.3) is 0 Å². The lowest BCUT2D eigenvalue weighted by Gasteiger charge is -2.27. The number of ether oxygens (including phenoxy) is 2. The molecule has 0 atom stereocenters. The highest BCUT2D eigenvalue weighted by atomic mass is 35.5. The molecule has 1 heterocycles. The Labute approximate surface area is 204 Å². The summed E-state index contributed by atoms with van der Waals surface area (Å²) in [5.41, 5.74) is 2.45. The molecule has 0 bridgehead atoms. The fourth-order valence-corrected chi connectivity index (χ4v) is 4.42. The zero-order chi connectivity index (χ0) is 24.2. The Morgan fingerprint density at radius 3 is 2.42 bits per heavy atom. The van der Waals surface area contributed by atoms with E-state index in [-0.39, 0.29) is 19.6 Å². The van der Waals surface area contributed by atoms with E-state index in [1.54, 1.807) is 12.1 Å². The Balaban J connectivity index is 1.72. The van der Waals surface area contributed by atoms with E-state index in [1.165, 1.54) is 12.5 Å². The number of rotatable bonds is 9. The van der Waals surface area contributed by atoms with Gasteiger partial charge in [-0.15, -0.1) is 11.6 Å². The van der Waals surface area contributed by atoms with Gasteiger partial charge in [-0.25, -0.2) is 8.42 Å². The van der Waals surface area contributed by atoms with Crippen LogP contribution in [0.5, 0.6) is 11.5 Å². The van der Waals surface area contributed by atoms with Crippen molar-refractivity contribution in [1.29, 1.82) is 5.26 Å². The van der Waals surface area contributed by atoms with Crippen LogP contribution >= 0.6 is 23.2 Å². The molecular weight excluding hydrogens is 483 g/mol. The van der Waals surface area contributed by atoms with Gasteiger partial charge in [0.2, 0.25) is 0 Å². The third-order valence-electron chi connectivity index (χ3n) is 5.44. The van der Waals surface area contributed by atoms with Crippen LogP contribution in [0.25, 0.3) is 0 Å². The van der Waals surface area contributed by atoms with Gasteiger partial charge in [0, 0.05) is 24.3 Å². The molecule has 0 amide bonds. The van der Waals surface area contributed by atoms with Gasteiger partial charge < -0.3 is 9.47 Å². The monoisotopic (exact) mass is 506 g/mol. The molecule has 0 unspecified atom stereocenters. The molecule has 3 rings (SSSR count). The van der Waals surface area contributed by atoms with Gasteiger partial charge in [-0.2, -0.15) is 5.26 Å². The predicted molar refractivity (Wildman–Crippen MR) is 131 cm³/mol. The van der Waals surface area contributed by atoms with E-state index < -0.39 is 15.3 Å². The number of nitrogens with zero attached hydrogens (tertiary/aromatic N) is 2. The molecule has 0 saturated carbocycles. The smallest absolute Gasteiger partial charge is 0.173 e. The minimum atomic E-state index is -3.23. The summed E-state index contributed by atoms with van der Waals surface area (Å²) >= 11 is 12.1. The summed E-state index contributed by atoms with van der Waals surface area (Å²) in [6, 6.07) is 13.3. The normalized spacial score (nSPS) is 13.8. The summed E-state index contributed by atoms with van der Waals surface area (Å²) in [7, 11) is -3.23. The average Bonchev–Trinajstić information content (AvgIpc) is 3.26. The van der Waals surface area contributed by atoms with E-state index in [2.05, 4.69) is 11.1 Å². The second-order valence-corrected chi connectivity index (χ2v) is 11.0. The second-order valence-electron chi connectivity index (χ2n) is 8.16. The van der Waals surface area contributed by atoms with E-state index in [9.17, 15) is 13.7 Å². The topological polar surface area (TPSA) is 88.8 Å². The molecule has 1 aliphatic rings. The summed E-state index contributed by atoms with van der Waals surface area (Å²) < 4.78 is 34.5. The first-order valence-corrected chi connectivity index (χ1v) is 13.0. The molecule has 0 radical (unpaired) electrons. The van der Waals surface area contributed by atoms with E-state index >= 15 is 0 Å². The first-order valence-electron chi connectivity index (χ1n) is 10.2. The summed E-state index contributed by atoms with van der Waals surface area (Å²) in [5, 5.41) is 9.93. The van der Waals surface area contributed by atoms with Gasteiger partial charge in [-0.3, -0.25) is 4.99 Å². The fraction of sp³-hybridized carbons (Fsp3) is 0.333. The first-order chi connectivity index (χ1) is 15.6. The van der Waals surface area contributed by atoms with Gasteiger partial charge in [-0.1, -0.05) is 37.6 Å². The van der Waals surface area contributed by atoms with Crippen LogP contribution in [0.2, 0.25) is 5.02 Å². The van der Waals surface area contributed by atoms with Crippen LogP contribution in [0.4, 0.5) is 0 Å². The van der Waals surface area contributed by atoms with Crippen LogP contribution in [0.1, 0.15) is 37.0 Å². The van der Waals surface area contributed by atoms with Crippen molar-refractivity contribution >= 4 is 38.8 Å². The molecule has 0 spiro atoms. The number of benzene rings is 2. The number of sulfone groups is 1. The molecule has 6 nitrogen and oxygen atoms in total. The van der Waals surface area contributed by atoms with Crippen molar-refractivity contribution in [3.8, 4) is 17.6 Å². The van der Waals surface area contributed by atoms with Crippen LogP contribution in [0.3, 0.4) is 0 Å². The molecule has 2 aromatic rings. The van der Waals surface area contributed by atoms with Crippen molar-refractivity contribution in [3.63, 3.8) is 0 Å². The number of nitriles is 1. The zero-order valence-corrected chi connectivity index (χ0v) is 20.9. The lowest BCUT2D eigenvalue weighted by Crippen LogP contribution is -2.19. The van der Waals surface area contributed by atoms with Crippen LogP contribution in [-0.2, 0) is 15.3 Å². The Morgan fingerprint density at radius 2 is 1.85 bits per heavy atom. The van der Waals surface area contributed by atoms with Crippen LogP contribution in [0, 0.1) is 11.3 Å². The van der Waals surface area contributed by atoms with E-state index in [4.69, 9.17) is 32.7 Å². The highest BCUT2D eigenvalue weighted by Crippen LogP contribution is 2.38. The Bertz CT molecular complexity index is 1240. The molecule has 0 N–H and O–H groups in total. The maximum absolute atomic E-state index is 11.6. The summed E-state index contributed by atoms with van der Waals surface area (Å²) in [4.78, 5) is 4.44. The van der Waals surface area contributed by atoms with Crippen molar-refractivity contribution in [2.24, 2.45) is 4.99 Å². The van der Waals surface area contributed by atoms with Gasteiger partial charge in [0.1, 0.15) is 25.0 Å². The molecule has 33 heavy (non-hydrogen) atoms. The number of alkyl halides is 1. The molecule has 174 valence electrons. The van der Waals surface area contributed by atoms with Crippen LogP contribution in [-0.4, -0.2) is 39.5 Å². The predicted octanol–water partition coefficient (Wildman–Crippen LogP) is 5.26. The molecule has 0 aliphatic carbocycles. The third-order valence-corrected chi connectivity index (χ3v) is 7.07. The molecule has 0 aromatic heterocycles. The third kappa shape index (κ3) is 5.89. The molecule has 2 aromatic carbocycles. The summed E-state index contributed by atoms with van der Waals surface area (Å²) in [5.74, 6) is 1.28. The van der Waals surface area contributed by atoms with E-state index in [0.717, 1.165) is 11.1 Å². The Morgan fingerprint density at radius 1 is 1.15 bits per heavy atom. The minimum Gasteiger partial charge on any atom is -0.489 e. The molecule has 0 saturated heterocycles. The summed E-state index contributed by atoms with van der Waals surface area (Å²) in [6.07, 6.45) is 2.83. The van der Waals surface area contributed by atoms with Gasteiger partial charge in [0.15, 0.2) is 15.6 Å². The molecule has 1 aliphatic heterocycles. The van der Waals surface area contributed by atoms with Crippen molar-refractivity contribution in [1.82, 2.24) is 0 Å². The minimum absolute atomic E-state index is 0.211. The van der Waals surface area contributed by atoms with E-state index in [1.807, 2.05) is 38.1 Å². The number of allylic oxidation sites excluding steroid dienone is 1. The van der Waals surface area contributed by atoms with E-state index in [0.29, 0.717) is 38.6 Å². The molecule has 9 heteroatoms. The highest BCUT2D eigenvalue weighted by molar-refractivity contribution is 7.94. The van der Waals surface area contributed by atoms with Gasteiger partial charge in [0.05, 0.1) is 27.1 Å². The number of hydrogen-bond acceptors (Lipinski definition) is 6. The summed E-state index contributed by atoms with van der Waals surface area (Å²) in [6.45, 7) is 4.56. The fourth-order valence-electron chi connectivity index (χ4n) is 3.40. The van der Waals surface area contributed by atoms with Crippen molar-refractivity contribution in [2.75, 3.05) is 25.3 Å². The lowest BCUT2D eigenvalue weighted by molar-refractivity contribution is 0.341. The van der Waals surface area contributed by atoms with Crippen molar-refractivity contribution in [3.05, 3.63) is 69.2 Å². The highest BCUT2D eigenvalue weighted by Gasteiger charge is 2.26. The number of aliphatic imine (C=N–C) groups is 1. The lowest BCUT2D eigenvalue weighted by atomic mass is 9.77. The van der Waals surface area contributed by atoms with Crippen molar-refractivity contribution < 1.29 is 17.9 Å². The first kappa shape index (κ1) is 25.1.